The minimum Gasteiger partial charge on any atom is -0.368 e. The van der Waals surface area contributed by atoms with Crippen molar-refractivity contribution in [3.05, 3.63) is 47.8 Å². The normalized spacial score (nSPS) is 21.0. The Morgan fingerprint density at radius 1 is 1.36 bits per heavy atom. The number of nitrogens with zero attached hydrogens (tertiary/aromatic N) is 4. The van der Waals surface area contributed by atoms with Gasteiger partial charge in [-0.1, -0.05) is 19.1 Å². The van der Waals surface area contributed by atoms with Gasteiger partial charge in [-0.2, -0.15) is 0 Å². The highest BCUT2D eigenvalue weighted by Crippen LogP contribution is 2.30. The van der Waals surface area contributed by atoms with Crippen molar-refractivity contribution in [2.45, 2.75) is 25.5 Å². The fraction of sp³-hybridized carbons (Fsp3) is 0.500. The molecule has 0 radical (unpaired) electrons. The van der Waals surface area contributed by atoms with Crippen LogP contribution in [0.15, 0.2) is 30.6 Å². The quantitative estimate of drug-likeness (QED) is 0.870. The third-order valence-electron chi connectivity index (χ3n) is 4.21. The SMILES string of the molecule is CC[C@@H](c1ccc(F)cc1)N1CCO[C@H](c2nncn2C)C1. The van der Waals surface area contributed by atoms with Crippen molar-refractivity contribution in [1.82, 2.24) is 19.7 Å². The van der Waals surface area contributed by atoms with Gasteiger partial charge in [0.25, 0.3) is 0 Å². The van der Waals surface area contributed by atoms with Crippen molar-refractivity contribution in [3.8, 4) is 0 Å². The zero-order valence-corrected chi connectivity index (χ0v) is 12.9. The topological polar surface area (TPSA) is 43.2 Å². The van der Waals surface area contributed by atoms with Gasteiger partial charge in [-0.3, -0.25) is 4.90 Å². The largest absolute Gasteiger partial charge is 0.368 e. The molecule has 5 nitrogen and oxygen atoms in total. The van der Waals surface area contributed by atoms with E-state index >= 15 is 0 Å². The van der Waals surface area contributed by atoms with E-state index in [4.69, 9.17) is 4.74 Å². The molecule has 1 aliphatic heterocycles. The summed E-state index contributed by atoms with van der Waals surface area (Å²) in [5, 5.41) is 8.08. The summed E-state index contributed by atoms with van der Waals surface area (Å²) < 4.78 is 20.9. The Labute approximate surface area is 129 Å². The van der Waals surface area contributed by atoms with E-state index in [1.165, 1.54) is 12.1 Å². The highest BCUT2D eigenvalue weighted by Gasteiger charge is 2.29. The highest BCUT2D eigenvalue weighted by molar-refractivity contribution is 5.20. The van der Waals surface area contributed by atoms with Crippen molar-refractivity contribution >= 4 is 0 Å². The molecule has 1 fully saturated rings. The molecule has 0 amide bonds. The molecule has 0 spiro atoms. The van der Waals surface area contributed by atoms with E-state index in [0.717, 1.165) is 30.9 Å². The van der Waals surface area contributed by atoms with Crippen molar-refractivity contribution in [2.24, 2.45) is 7.05 Å². The van der Waals surface area contributed by atoms with Gasteiger partial charge in [0, 0.05) is 26.2 Å². The smallest absolute Gasteiger partial charge is 0.163 e. The van der Waals surface area contributed by atoms with E-state index in [1.54, 1.807) is 6.33 Å². The lowest BCUT2D eigenvalue weighted by Gasteiger charge is -2.37. The molecule has 0 saturated carbocycles. The van der Waals surface area contributed by atoms with Crippen LogP contribution in [0.2, 0.25) is 0 Å². The lowest BCUT2D eigenvalue weighted by molar-refractivity contribution is -0.0513. The second-order valence-corrected chi connectivity index (χ2v) is 5.63. The van der Waals surface area contributed by atoms with E-state index in [-0.39, 0.29) is 18.0 Å². The molecule has 2 atom stereocenters. The Hall–Kier alpha value is -1.79. The zero-order chi connectivity index (χ0) is 15.5. The van der Waals surface area contributed by atoms with E-state index in [9.17, 15) is 4.39 Å². The van der Waals surface area contributed by atoms with Gasteiger partial charge < -0.3 is 9.30 Å². The fourth-order valence-electron chi connectivity index (χ4n) is 3.08. The van der Waals surface area contributed by atoms with Gasteiger partial charge in [-0.25, -0.2) is 4.39 Å². The molecular weight excluding hydrogens is 283 g/mol. The first kappa shape index (κ1) is 15.1. The van der Waals surface area contributed by atoms with Crippen molar-refractivity contribution in [1.29, 1.82) is 0 Å². The van der Waals surface area contributed by atoms with Gasteiger partial charge in [0.2, 0.25) is 0 Å². The fourth-order valence-corrected chi connectivity index (χ4v) is 3.08. The Balaban J connectivity index is 1.77. The van der Waals surface area contributed by atoms with Crippen LogP contribution in [0.4, 0.5) is 4.39 Å². The van der Waals surface area contributed by atoms with Crippen LogP contribution in [-0.4, -0.2) is 39.4 Å². The Morgan fingerprint density at radius 2 is 2.14 bits per heavy atom. The summed E-state index contributed by atoms with van der Waals surface area (Å²) in [7, 11) is 1.93. The monoisotopic (exact) mass is 304 g/mol. The first-order valence-electron chi connectivity index (χ1n) is 7.64. The molecule has 0 N–H and O–H groups in total. The molecule has 118 valence electrons. The summed E-state index contributed by atoms with van der Waals surface area (Å²) in [4.78, 5) is 2.39. The Morgan fingerprint density at radius 3 is 2.77 bits per heavy atom. The first-order valence-corrected chi connectivity index (χ1v) is 7.64. The lowest BCUT2D eigenvalue weighted by atomic mass is 10.0. The number of aryl methyl sites for hydroxylation is 1. The average molecular weight is 304 g/mol. The molecule has 0 unspecified atom stereocenters. The second kappa shape index (κ2) is 6.54. The molecule has 0 aliphatic carbocycles. The van der Waals surface area contributed by atoms with Gasteiger partial charge in [0.05, 0.1) is 6.61 Å². The van der Waals surface area contributed by atoms with E-state index in [1.807, 2.05) is 23.7 Å². The van der Waals surface area contributed by atoms with Gasteiger partial charge in [0.15, 0.2) is 5.82 Å². The molecule has 1 aromatic carbocycles. The summed E-state index contributed by atoms with van der Waals surface area (Å²) >= 11 is 0. The number of hydrogen-bond donors (Lipinski definition) is 0. The molecular formula is C16H21FN4O. The van der Waals surface area contributed by atoms with Crippen LogP contribution >= 0.6 is 0 Å². The van der Waals surface area contributed by atoms with Gasteiger partial charge >= 0.3 is 0 Å². The third-order valence-corrected chi connectivity index (χ3v) is 4.21. The maximum atomic E-state index is 13.1. The molecule has 0 bridgehead atoms. The molecule has 2 aromatic rings. The van der Waals surface area contributed by atoms with Crippen molar-refractivity contribution in [2.75, 3.05) is 19.7 Å². The minimum absolute atomic E-state index is 0.0734. The summed E-state index contributed by atoms with van der Waals surface area (Å²) in [6.45, 7) is 4.45. The number of hydrogen-bond acceptors (Lipinski definition) is 4. The molecule has 1 aromatic heterocycles. The molecule has 6 heteroatoms. The highest BCUT2D eigenvalue weighted by atomic mass is 19.1. The molecule has 3 rings (SSSR count). The maximum absolute atomic E-state index is 13.1. The van der Waals surface area contributed by atoms with E-state index in [2.05, 4.69) is 22.0 Å². The third kappa shape index (κ3) is 3.03. The predicted molar refractivity (Wildman–Crippen MR) is 80.7 cm³/mol. The van der Waals surface area contributed by atoms with Crippen LogP contribution in [0.5, 0.6) is 0 Å². The van der Waals surface area contributed by atoms with E-state index in [0.29, 0.717) is 6.61 Å². The molecule has 2 heterocycles. The van der Waals surface area contributed by atoms with Crippen LogP contribution < -0.4 is 0 Å². The summed E-state index contributed by atoms with van der Waals surface area (Å²) in [6, 6.07) is 7.06. The van der Waals surface area contributed by atoms with Gasteiger partial charge in [-0.05, 0) is 24.1 Å². The van der Waals surface area contributed by atoms with Crippen LogP contribution in [0, 0.1) is 5.82 Å². The number of halogens is 1. The van der Waals surface area contributed by atoms with Gasteiger partial charge in [0.1, 0.15) is 18.2 Å². The minimum atomic E-state index is -0.197. The van der Waals surface area contributed by atoms with Gasteiger partial charge in [-0.15, -0.1) is 10.2 Å². The lowest BCUT2D eigenvalue weighted by Crippen LogP contribution is -2.41. The van der Waals surface area contributed by atoms with Crippen LogP contribution in [-0.2, 0) is 11.8 Å². The van der Waals surface area contributed by atoms with Crippen molar-refractivity contribution < 1.29 is 9.13 Å². The van der Waals surface area contributed by atoms with Crippen LogP contribution in [0.3, 0.4) is 0 Å². The summed E-state index contributed by atoms with van der Waals surface area (Å²) in [5.41, 5.74) is 1.14. The molecule has 1 saturated heterocycles. The zero-order valence-electron chi connectivity index (χ0n) is 12.9. The number of ether oxygens (including phenoxy) is 1. The second-order valence-electron chi connectivity index (χ2n) is 5.63. The predicted octanol–water partition coefficient (Wildman–Crippen LogP) is 2.48. The molecule has 1 aliphatic rings. The Kier molecular flexibility index (Phi) is 4.49. The number of morpholine rings is 1. The maximum Gasteiger partial charge on any atom is 0.163 e. The number of benzene rings is 1. The standard InChI is InChI=1S/C16H21FN4O/c1-3-14(12-4-6-13(17)7-5-12)21-8-9-22-15(10-21)16-19-18-11-20(16)2/h4-7,11,14-15H,3,8-10H2,1-2H3/t14-,15-/m0/s1. The number of rotatable bonds is 4. The summed E-state index contributed by atoms with van der Waals surface area (Å²) in [6.07, 6.45) is 2.59. The Bertz CT molecular complexity index is 613. The van der Waals surface area contributed by atoms with Crippen LogP contribution in [0.25, 0.3) is 0 Å². The average Bonchev–Trinajstić information content (AvgIpc) is 2.96. The summed E-state index contributed by atoms with van der Waals surface area (Å²) in [5.74, 6) is 0.649. The van der Waals surface area contributed by atoms with Crippen molar-refractivity contribution in [3.63, 3.8) is 0 Å². The molecule has 22 heavy (non-hydrogen) atoms. The van der Waals surface area contributed by atoms with E-state index < -0.39 is 0 Å². The number of aromatic nitrogens is 3. The first-order chi connectivity index (χ1) is 10.7. The van der Waals surface area contributed by atoms with Crippen LogP contribution in [0.1, 0.15) is 36.9 Å².